The quantitative estimate of drug-likeness (QED) is 0.769. The van der Waals surface area contributed by atoms with Crippen molar-refractivity contribution in [2.75, 3.05) is 0 Å². The van der Waals surface area contributed by atoms with Crippen LogP contribution in [-0.4, -0.2) is 17.7 Å². The van der Waals surface area contributed by atoms with Crippen molar-refractivity contribution in [3.63, 3.8) is 0 Å². The van der Waals surface area contributed by atoms with Crippen LogP contribution in [0.25, 0.3) is 0 Å². The summed E-state index contributed by atoms with van der Waals surface area (Å²) in [6.07, 6.45) is 0.324. The van der Waals surface area contributed by atoms with E-state index in [2.05, 4.69) is 0 Å². The number of benzene rings is 1. The van der Waals surface area contributed by atoms with Gasteiger partial charge in [-0.25, -0.2) is 0 Å². The summed E-state index contributed by atoms with van der Waals surface area (Å²) in [4.78, 5) is 11.8. The van der Waals surface area contributed by atoms with Gasteiger partial charge in [-0.05, 0) is 40.7 Å². The first-order valence-corrected chi connectivity index (χ1v) is 6.24. The molecule has 0 radical (unpaired) electrons. The van der Waals surface area contributed by atoms with E-state index in [-0.39, 0.29) is 18.5 Å². The fourth-order valence-corrected chi connectivity index (χ4v) is 1.55. The monoisotopic (exact) mass is 250 g/mol. The maximum atomic E-state index is 11.8. The Morgan fingerprint density at radius 2 is 1.83 bits per heavy atom. The molecule has 0 heterocycles. The lowest BCUT2D eigenvalue weighted by Crippen LogP contribution is -2.25. The Kier molecular flexibility index (Phi) is 4.76. The molecular formula is C15H22O3. The van der Waals surface area contributed by atoms with Crippen LogP contribution in [0.5, 0.6) is 5.75 Å². The summed E-state index contributed by atoms with van der Waals surface area (Å²) in [6.45, 7) is 9.51. The second-order valence-electron chi connectivity index (χ2n) is 5.54. The Hall–Kier alpha value is -1.51. The first-order chi connectivity index (χ1) is 8.28. The van der Waals surface area contributed by atoms with Crippen LogP contribution in [0.15, 0.2) is 24.3 Å². The van der Waals surface area contributed by atoms with Gasteiger partial charge in [-0.15, -0.1) is 0 Å². The first kappa shape index (κ1) is 14.6. The van der Waals surface area contributed by atoms with Crippen LogP contribution < -0.4 is 4.74 Å². The highest BCUT2D eigenvalue weighted by Crippen LogP contribution is 2.21. The lowest BCUT2D eigenvalue weighted by atomic mass is 10.1. The van der Waals surface area contributed by atoms with Crippen molar-refractivity contribution < 1.29 is 14.3 Å². The summed E-state index contributed by atoms with van der Waals surface area (Å²) >= 11 is 0. The molecule has 0 spiro atoms. The number of rotatable bonds is 4. The zero-order valence-electron chi connectivity index (χ0n) is 11.8. The third kappa shape index (κ3) is 5.21. The largest absolute Gasteiger partial charge is 0.491 e. The highest BCUT2D eigenvalue weighted by Gasteiger charge is 2.18. The summed E-state index contributed by atoms with van der Waals surface area (Å²) in [5.41, 5.74) is 0.408. The third-order valence-corrected chi connectivity index (χ3v) is 2.09. The molecule has 0 saturated heterocycles. The first-order valence-electron chi connectivity index (χ1n) is 6.24. The van der Waals surface area contributed by atoms with Crippen molar-refractivity contribution in [3.05, 3.63) is 29.8 Å². The summed E-state index contributed by atoms with van der Waals surface area (Å²) < 4.78 is 11.0. The Balaban J connectivity index is 2.75. The predicted molar refractivity (Wildman–Crippen MR) is 71.8 cm³/mol. The minimum absolute atomic E-state index is 0.0878. The zero-order valence-corrected chi connectivity index (χ0v) is 11.8. The van der Waals surface area contributed by atoms with Gasteiger partial charge in [-0.2, -0.15) is 0 Å². The molecule has 1 rings (SSSR count). The van der Waals surface area contributed by atoms with Crippen molar-refractivity contribution >= 4 is 5.97 Å². The second-order valence-corrected chi connectivity index (χ2v) is 5.54. The number of carbonyl (C=O) groups excluding carboxylic acids is 1. The molecule has 0 amide bonds. The average molecular weight is 250 g/mol. The van der Waals surface area contributed by atoms with Crippen molar-refractivity contribution in [3.8, 4) is 5.75 Å². The second kappa shape index (κ2) is 5.89. The maximum Gasteiger partial charge on any atom is 0.310 e. The molecule has 3 nitrogen and oxygen atoms in total. The molecule has 0 saturated carbocycles. The molecule has 18 heavy (non-hydrogen) atoms. The molecule has 0 aliphatic carbocycles. The Labute approximate surface area is 109 Å². The topological polar surface area (TPSA) is 35.5 Å². The lowest BCUT2D eigenvalue weighted by molar-refractivity contribution is -0.153. The minimum atomic E-state index is -0.453. The smallest absolute Gasteiger partial charge is 0.310 e. The molecule has 0 atom stereocenters. The molecule has 0 fully saturated rings. The number of esters is 1. The summed E-state index contributed by atoms with van der Waals surface area (Å²) in [7, 11) is 0. The van der Waals surface area contributed by atoms with Crippen molar-refractivity contribution in [2.24, 2.45) is 0 Å². The van der Waals surface area contributed by atoms with E-state index in [4.69, 9.17) is 9.47 Å². The van der Waals surface area contributed by atoms with Gasteiger partial charge in [0.05, 0.1) is 12.5 Å². The summed E-state index contributed by atoms with van der Waals surface area (Å²) in [5, 5.41) is 0. The van der Waals surface area contributed by atoms with Gasteiger partial charge in [0.2, 0.25) is 0 Å². The zero-order chi connectivity index (χ0) is 13.8. The van der Waals surface area contributed by atoms with Gasteiger partial charge in [0.25, 0.3) is 0 Å². The molecule has 0 bridgehead atoms. The molecule has 100 valence electrons. The van der Waals surface area contributed by atoms with Gasteiger partial charge in [0.1, 0.15) is 11.4 Å². The van der Waals surface area contributed by atoms with Crippen LogP contribution in [0.2, 0.25) is 0 Å². The van der Waals surface area contributed by atoms with Gasteiger partial charge in [-0.1, -0.05) is 18.2 Å². The SMILES string of the molecule is CC(C)Oc1ccccc1CC(=O)OC(C)(C)C. The third-order valence-electron chi connectivity index (χ3n) is 2.09. The fourth-order valence-electron chi connectivity index (χ4n) is 1.55. The van der Waals surface area contributed by atoms with E-state index >= 15 is 0 Å². The van der Waals surface area contributed by atoms with E-state index < -0.39 is 5.60 Å². The number of ether oxygens (including phenoxy) is 2. The van der Waals surface area contributed by atoms with Gasteiger partial charge >= 0.3 is 5.97 Å². The van der Waals surface area contributed by atoms with E-state index in [0.717, 1.165) is 11.3 Å². The van der Waals surface area contributed by atoms with Crippen LogP contribution in [-0.2, 0) is 16.0 Å². The van der Waals surface area contributed by atoms with Crippen molar-refractivity contribution in [1.82, 2.24) is 0 Å². The highest BCUT2D eigenvalue weighted by molar-refractivity contribution is 5.74. The molecule has 0 aliphatic rings. The Morgan fingerprint density at radius 1 is 1.22 bits per heavy atom. The molecular weight excluding hydrogens is 228 g/mol. The van der Waals surface area contributed by atoms with E-state index in [1.54, 1.807) is 0 Å². The molecule has 1 aromatic carbocycles. The van der Waals surface area contributed by atoms with Crippen LogP contribution in [0.1, 0.15) is 40.2 Å². The predicted octanol–water partition coefficient (Wildman–Crippen LogP) is 3.36. The molecule has 1 aromatic rings. The molecule has 3 heteroatoms. The van der Waals surface area contributed by atoms with Gasteiger partial charge in [0.15, 0.2) is 0 Å². The summed E-state index contributed by atoms with van der Waals surface area (Å²) in [5.74, 6) is 0.515. The molecule has 0 aliphatic heterocycles. The highest BCUT2D eigenvalue weighted by atomic mass is 16.6. The standard InChI is InChI=1S/C15H22O3/c1-11(2)17-13-9-7-6-8-12(13)10-14(16)18-15(3,4)5/h6-9,11H,10H2,1-5H3. The van der Waals surface area contributed by atoms with E-state index in [1.807, 2.05) is 58.9 Å². The van der Waals surface area contributed by atoms with Crippen molar-refractivity contribution in [1.29, 1.82) is 0 Å². The van der Waals surface area contributed by atoms with Crippen molar-refractivity contribution in [2.45, 2.75) is 52.7 Å². The van der Waals surface area contributed by atoms with Gasteiger partial charge in [-0.3, -0.25) is 4.79 Å². The van der Waals surface area contributed by atoms with Crippen LogP contribution in [0.4, 0.5) is 0 Å². The Bertz CT molecular complexity index is 402. The van der Waals surface area contributed by atoms with Crippen LogP contribution in [0.3, 0.4) is 0 Å². The number of carbonyl (C=O) groups is 1. The van der Waals surface area contributed by atoms with Crippen LogP contribution in [0, 0.1) is 0 Å². The van der Waals surface area contributed by atoms with Gasteiger partial charge in [0, 0.05) is 5.56 Å². The average Bonchev–Trinajstić information content (AvgIpc) is 2.17. The molecule has 0 N–H and O–H groups in total. The van der Waals surface area contributed by atoms with E-state index in [9.17, 15) is 4.79 Å². The van der Waals surface area contributed by atoms with Crippen LogP contribution >= 0.6 is 0 Å². The maximum absolute atomic E-state index is 11.8. The number of hydrogen-bond donors (Lipinski definition) is 0. The number of para-hydroxylation sites is 1. The molecule has 0 aromatic heterocycles. The number of hydrogen-bond acceptors (Lipinski definition) is 3. The lowest BCUT2D eigenvalue weighted by Gasteiger charge is -2.20. The molecule has 0 unspecified atom stereocenters. The van der Waals surface area contributed by atoms with E-state index in [0.29, 0.717) is 0 Å². The fraction of sp³-hybridized carbons (Fsp3) is 0.533. The summed E-state index contributed by atoms with van der Waals surface area (Å²) in [6, 6.07) is 7.56. The minimum Gasteiger partial charge on any atom is -0.491 e. The van der Waals surface area contributed by atoms with Gasteiger partial charge < -0.3 is 9.47 Å². The Morgan fingerprint density at radius 3 is 2.39 bits per heavy atom. The normalized spacial score (nSPS) is 11.4. The van der Waals surface area contributed by atoms with E-state index in [1.165, 1.54) is 0 Å².